The molecule has 0 spiro atoms. The van der Waals surface area contributed by atoms with E-state index >= 15 is 0 Å². The number of aromatic nitrogens is 5. The Morgan fingerprint density at radius 2 is 2.00 bits per heavy atom. The average molecular weight is 261 g/mol. The Labute approximate surface area is 105 Å². The van der Waals surface area contributed by atoms with E-state index in [-0.39, 0.29) is 5.75 Å². The maximum atomic E-state index is 10.6. The van der Waals surface area contributed by atoms with Crippen LogP contribution < -0.4 is 0 Å². The van der Waals surface area contributed by atoms with Gasteiger partial charge in [-0.15, -0.1) is 20.4 Å². The van der Waals surface area contributed by atoms with Gasteiger partial charge >= 0.3 is 5.97 Å². The van der Waals surface area contributed by atoms with E-state index in [1.54, 1.807) is 4.40 Å². The zero-order valence-electron chi connectivity index (χ0n) is 9.02. The molecule has 1 N–H and O–H groups in total. The summed E-state index contributed by atoms with van der Waals surface area (Å²) in [4.78, 5) is 10.6. The maximum Gasteiger partial charge on any atom is 0.313 e. The summed E-state index contributed by atoms with van der Waals surface area (Å²) >= 11 is 1.10. The second-order valence-electron chi connectivity index (χ2n) is 3.49. The number of thioether (sulfide) groups is 1. The number of rotatable bonds is 3. The van der Waals surface area contributed by atoms with Crippen LogP contribution in [0.5, 0.6) is 0 Å². The van der Waals surface area contributed by atoms with Crippen molar-refractivity contribution in [1.29, 1.82) is 0 Å². The highest BCUT2D eigenvalue weighted by atomic mass is 32.2. The van der Waals surface area contributed by atoms with E-state index in [1.807, 2.05) is 24.3 Å². The van der Waals surface area contributed by atoms with Gasteiger partial charge in [-0.2, -0.15) is 0 Å². The summed E-state index contributed by atoms with van der Waals surface area (Å²) in [5.41, 5.74) is 1.52. The lowest BCUT2D eigenvalue weighted by molar-refractivity contribution is -0.133. The first kappa shape index (κ1) is 10.9. The standard InChI is InChI=1S/C10H7N5O2S/c16-8(17)5-18-10-14-13-9-12-11-6-3-1-2-4-7(6)15(9)10/h1-4H,5H2,(H,16,17). The predicted octanol–water partition coefficient (Wildman–Crippen LogP) is 0.849. The Balaban J connectivity index is 2.20. The van der Waals surface area contributed by atoms with Gasteiger partial charge in [-0.25, -0.2) is 0 Å². The van der Waals surface area contributed by atoms with Gasteiger partial charge in [0, 0.05) is 0 Å². The monoisotopic (exact) mass is 261 g/mol. The molecule has 0 atom stereocenters. The number of hydrogen-bond acceptors (Lipinski definition) is 6. The van der Waals surface area contributed by atoms with Crippen LogP contribution >= 0.6 is 11.8 Å². The summed E-state index contributed by atoms with van der Waals surface area (Å²) in [6.07, 6.45) is 0. The number of fused-ring (bicyclic) bond motifs is 3. The molecular formula is C10H7N5O2S. The fraction of sp³-hybridized carbons (Fsp3) is 0.100. The molecule has 3 rings (SSSR count). The molecule has 0 saturated carbocycles. The summed E-state index contributed by atoms with van der Waals surface area (Å²) in [5, 5.41) is 24.9. The van der Waals surface area contributed by atoms with Crippen molar-refractivity contribution in [2.45, 2.75) is 5.16 Å². The number of nitrogens with zero attached hydrogens (tertiary/aromatic N) is 5. The highest BCUT2D eigenvalue weighted by Gasteiger charge is 2.12. The van der Waals surface area contributed by atoms with E-state index in [4.69, 9.17) is 5.11 Å². The van der Waals surface area contributed by atoms with Crippen LogP contribution in [0.2, 0.25) is 0 Å². The highest BCUT2D eigenvalue weighted by Crippen LogP contribution is 2.20. The lowest BCUT2D eigenvalue weighted by Crippen LogP contribution is -2.00. The third kappa shape index (κ3) is 1.76. The minimum atomic E-state index is -0.900. The highest BCUT2D eigenvalue weighted by molar-refractivity contribution is 7.99. The molecule has 3 aromatic rings. The lowest BCUT2D eigenvalue weighted by Gasteiger charge is -2.01. The van der Waals surface area contributed by atoms with Crippen molar-refractivity contribution in [1.82, 2.24) is 24.8 Å². The van der Waals surface area contributed by atoms with Crippen LogP contribution in [0.15, 0.2) is 29.4 Å². The minimum Gasteiger partial charge on any atom is -0.481 e. The van der Waals surface area contributed by atoms with Gasteiger partial charge < -0.3 is 5.11 Å². The molecule has 0 saturated heterocycles. The molecule has 2 heterocycles. The zero-order valence-corrected chi connectivity index (χ0v) is 9.83. The number of carboxylic acid groups (broad SMARTS) is 1. The van der Waals surface area contributed by atoms with E-state index < -0.39 is 5.97 Å². The van der Waals surface area contributed by atoms with Gasteiger partial charge in [0.15, 0.2) is 5.16 Å². The van der Waals surface area contributed by atoms with Crippen LogP contribution in [0, 0.1) is 0 Å². The summed E-state index contributed by atoms with van der Waals surface area (Å²) in [7, 11) is 0. The van der Waals surface area contributed by atoms with Gasteiger partial charge in [0.25, 0.3) is 5.78 Å². The average Bonchev–Trinajstić information content (AvgIpc) is 2.80. The van der Waals surface area contributed by atoms with Crippen molar-refractivity contribution in [2.24, 2.45) is 0 Å². The molecular weight excluding hydrogens is 254 g/mol. The molecule has 0 aliphatic carbocycles. The quantitative estimate of drug-likeness (QED) is 0.698. The molecule has 1 aromatic carbocycles. The van der Waals surface area contributed by atoms with Crippen LogP contribution in [0.1, 0.15) is 0 Å². The molecule has 0 unspecified atom stereocenters. The molecule has 18 heavy (non-hydrogen) atoms. The Kier molecular flexibility index (Phi) is 2.56. The van der Waals surface area contributed by atoms with Crippen LogP contribution in [-0.4, -0.2) is 41.6 Å². The van der Waals surface area contributed by atoms with Gasteiger partial charge in [-0.05, 0) is 12.1 Å². The first-order chi connectivity index (χ1) is 8.75. The Morgan fingerprint density at radius 1 is 1.22 bits per heavy atom. The van der Waals surface area contributed by atoms with Crippen molar-refractivity contribution in [3.63, 3.8) is 0 Å². The van der Waals surface area contributed by atoms with Crippen molar-refractivity contribution >= 4 is 34.5 Å². The van der Waals surface area contributed by atoms with E-state index in [0.29, 0.717) is 16.5 Å². The molecule has 90 valence electrons. The van der Waals surface area contributed by atoms with Gasteiger partial charge in [0.2, 0.25) is 0 Å². The summed E-state index contributed by atoms with van der Waals surface area (Å²) < 4.78 is 1.70. The topological polar surface area (TPSA) is 93.3 Å². The van der Waals surface area contributed by atoms with Gasteiger partial charge in [0.05, 0.1) is 11.3 Å². The van der Waals surface area contributed by atoms with Crippen molar-refractivity contribution in [3.05, 3.63) is 24.3 Å². The Morgan fingerprint density at radius 3 is 2.83 bits per heavy atom. The normalized spacial score (nSPS) is 11.1. The summed E-state index contributed by atoms with van der Waals surface area (Å²) in [5.74, 6) is -0.609. The number of aliphatic carboxylic acids is 1. The number of para-hydroxylation sites is 1. The number of benzene rings is 1. The fourth-order valence-corrected chi connectivity index (χ4v) is 2.25. The van der Waals surface area contributed by atoms with Gasteiger partial charge in [-0.1, -0.05) is 23.9 Å². The fourth-order valence-electron chi connectivity index (χ4n) is 1.59. The Bertz CT molecular complexity index is 741. The SMILES string of the molecule is O=C(O)CSc1nnc2nnc3ccccc3n12. The van der Waals surface area contributed by atoms with Gasteiger partial charge in [0.1, 0.15) is 5.52 Å². The molecule has 0 aliphatic heterocycles. The Hall–Kier alpha value is -2.22. The predicted molar refractivity (Wildman–Crippen MR) is 64.4 cm³/mol. The molecule has 2 aromatic heterocycles. The molecule has 0 bridgehead atoms. The molecule has 0 fully saturated rings. The second kappa shape index (κ2) is 4.22. The number of hydrogen-bond donors (Lipinski definition) is 1. The molecule has 8 heteroatoms. The molecule has 0 aliphatic rings. The third-order valence-electron chi connectivity index (χ3n) is 2.31. The van der Waals surface area contributed by atoms with Crippen LogP contribution in [0.25, 0.3) is 16.8 Å². The summed E-state index contributed by atoms with van der Waals surface area (Å²) in [6.45, 7) is 0. The van der Waals surface area contributed by atoms with Crippen molar-refractivity contribution < 1.29 is 9.90 Å². The lowest BCUT2D eigenvalue weighted by atomic mass is 10.3. The summed E-state index contributed by atoms with van der Waals surface area (Å²) in [6, 6.07) is 7.42. The van der Waals surface area contributed by atoms with Crippen molar-refractivity contribution in [2.75, 3.05) is 5.75 Å². The second-order valence-corrected chi connectivity index (χ2v) is 4.43. The molecule has 7 nitrogen and oxygen atoms in total. The van der Waals surface area contributed by atoms with Gasteiger partial charge in [-0.3, -0.25) is 9.20 Å². The largest absolute Gasteiger partial charge is 0.481 e. The maximum absolute atomic E-state index is 10.6. The van der Waals surface area contributed by atoms with E-state index in [1.165, 1.54) is 0 Å². The number of carboxylic acids is 1. The van der Waals surface area contributed by atoms with Crippen LogP contribution in [0.4, 0.5) is 0 Å². The van der Waals surface area contributed by atoms with E-state index in [0.717, 1.165) is 17.3 Å². The minimum absolute atomic E-state index is 0.0720. The van der Waals surface area contributed by atoms with E-state index in [2.05, 4.69) is 20.4 Å². The zero-order chi connectivity index (χ0) is 12.5. The smallest absolute Gasteiger partial charge is 0.313 e. The van der Waals surface area contributed by atoms with Crippen LogP contribution in [-0.2, 0) is 4.79 Å². The molecule has 0 radical (unpaired) electrons. The van der Waals surface area contributed by atoms with Crippen LogP contribution in [0.3, 0.4) is 0 Å². The first-order valence-electron chi connectivity index (χ1n) is 5.07. The van der Waals surface area contributed by atoms with E-state index in [9.17, 15) is 4.79 Å². The number of carbonyl (C=O) groups is 1. The third-order valence-corrected chi connectivity index (χ3v) is 3.22. The first-order valence-corrected chi connectivity index (χ1v) is 6.05. The molecule has 0 amide bonds. The van der Waals surface area contributed by atoms with Crippen molar-refractivity contribution in [3.8, 4) is 0 Å².